The number of ether oxygens (including phenoxy) is 2. The Hall–Kier alpha value is -3.92. The van der Waals surface area contributed by atoms with E-state index in [1.54, 1.807) is 4.90 Å². The van der Waals surface area contributed by atoms with E-state index in [9.17, 15) is 9.59 Å². The SMILES string of the molecule is CC(C)(C)OC(=O)N1CCC[C@H]1C1=NC=C(c2cc3c(s2)-c2ccc(-c4cnc([C@@H]5CCCN5C(=O)OC(C)(C)C)[nH]4)cc2CCC3)C1. The largest absolute Gasteiger partial charge is 0.444 e. The standard InChI is InChI=1S/C38H47N5O4S/c1-37(2,3)46-35(44)42-16-8-12-30(42)28-19-26(21-39-28)32-20-25-11-7-10-23-18-24(14-15-27(23)33(25)48-32)29-22-40-34(41-29)31-13-9-17-43(31)36(45)47-38(4,5)6/h14-15,18,20-22,30-31H,7-13,16-17,19H2,1-6H3,(H,40,41)/t30-,31-/m0/s1. The maximum Gasteiger partial charge on any atom is 0.410 e. The second-order valence-corrected chi connectivity index (χ2v) is 16.5. The molecule has 1 N–H and O–H groups in total. The minimum atomic E-state index is -0.533. The topological polar surface area (TPSA) is 100 Å². The number of imidazole rings is 1. The van der Waals surface area contributed by atoms with E-state index in [4.69, 9.17) is 19.5 Å². The number of nitrogens with zero attached hydrogens (tertiary/aromatic N) is 4. The summed E-state index contributed by atoms with van der Waals surface area (Å²) < 4.78 is 11.4. The van der Waals surface area contributed by atoms with Crippen molar-refractivity contribution in [2.24, 2.45) is 4.99 Å². The van der Waals surface area contributed by atoms with Crippen molar-refractivity contribution in [1.29, 1.82) is 0 Å². The van der Waals surface area contributed by atoms with Crippen molar-refractivity contribution >= 4 is 34.8 Å². The van der Waals surface area contributed by atoms with Gasteiger partial charge in [-0.15, -0.1) is 11.3 Å². The molecule has 2 amide bonds. The van der Waals surface area contributed by atoms with Crippen LogP contribution in [-0.4, -0.2) is 68.0 Å². The smallest absolute Gasteiger partial charge is 0.410 e. The number of benzene rings is 1. The Morgan fingerprint density at radius 3 is 2.25 bits per heavy atom. The summed E-state index contributed by atoms with van der Waals surface area (Å²) in [5.74, 6) is 0.812. The molecule has 0 spiro atoms. The molecule has 2 atom stereocenters. The number of hydrogen-bond donors (Lipinski definition) is 1. The molecule has 2 aromatic heterocycles. The Balaban J connectivity index is 1.06. The lowest BCUT2D eigenvalue weighted by molar-refractivity contribution is 0.0216. The zero-order chi connectivity index (χ0) is 33.8. The number of carbonyl (C=O) groups is 2. The minimum Gasteiger partial charge on any atom is -0.444 e. The Kier molecular flexibility index (Phi) is 8.50. The minimum absolute atomic E-state index is 0.00239. The van der Waals surface area contributed by atoms with Crippen LogP contribution in [0.3, 0.4) is 0 Å². The van der Waals surface area contributed by atoms with E-state index in [1.165, 1.54) is 32.0 Å². The predicted octanol–water partition coefficient (Wildman–Crippen LogP) is 8.95. The van der Waals surface area contributed by atoms with Crippen LogP contribution < -0.4 is 0 Å². The summed E-state index contributed by atoms with van der Waals surface area (Å²) in [6.45, 7) is 12.8. The number of thiophene rings is 1. The summed E-state index contributed by atoms with van der Waals surface area (Å²) in [7, 11) is 0. The highest BCUT2D eigenvalue weighted by Crippen LogP contribution is 2.44. The van der Waals surface area contributed by atoms with Crippen molar-refractivity contribution in [2.45, 2.75) is 116 Å². The Bertz CT molecular complexity index is 1790. The molecule has 4 aliphatic rings. The molecule has 3 aromatic rings. The van der Waals surface area contributed by atoms with Crippen LogP contribution in [0, 0.1) is 0 Å². The number of fused-ring (bicyclic) bond motifs is 3. The van der Waals surface area contributed by atoms with Crippen molar-refractivity contribution in [3.8, 4) is 21.7 Å². The molecule has 0 bridgehead atoms. The fourth-order valence-corrected chi connectivity index (χ4v) is 8.63. The Labute approximate surface area is 287 Å². The molecule has 0 radical (unpaired) electrons. The lowest BCUT2D eigenvalue weighted by Gasteiger charge is -2.28. The van der Waals surface area contributed by atoms with E-state index >= 15 is 0 Å². The number of aromatic amines is 1. The van der Waals surface area contributed by atoms with Gasteiger partial charge in [-0.05, 0) is 126 Å². The summed E-state index contributed by atoms with van der Waals surface area (Å²) in [5.41, 5.74) is 7.38. The van der Waals surface area contributed by atoms with Gasteiger partial charge in [0.15, 0.2) is 0 Å². The van der Waals surface area contributed by atoms with Gasteiger partial charge in [-0.3, -0.25) is 14.8 Å². The number of aliphatic imine (C=N–C) groups is 1. The fourth-order valence-electron chi connectivity index (χ4n) is 7.36. The normalized spacial score (nSPS) is 21.0. The first-order valence-electron chi connectivity index (χ1n) is 17.4. The molecule has 0 unspecified atom stereocenters. The van der Waals surface area contributed by atoms with Crippen molar-refractivity contribution in [2.75, 3.05) is 13.1 Å². The lowest BCUT2D eigenvalue weighted by atomic mass is 9.99. The quantitative estimate of drug-likeness (QED) is 0.299. The van der Waals surface area contributed by atoms with Crippen LogP contribution in [0.5, 0.6) is 0 Å². The van der Waals surface area contributed by atoms with Crippen molar-refractivity contribution in [3.63, 3.8) is 0 Å². The molecule has 10 heteroatoms. The highest BCUT2D eigenvalue weighted by atomic mass is 32.1. The maximum absolute atomic E-state index is 12.9. The summed E-state index contributed by atoms with van der Waals surface area (Å²) in [5, 5.41) is 0. The van der Waals surface area contributed by atoms with Crippen LogP contribution in [0.15, 0.2) is 41.7 Å². The third-order valence-corrected chi connectivity index (χ3v) is 10.8. The molecule has 48 heavy (non-hydrogen) atoms. The molecule has 5 heterocycles. The maximum atomic E-state index is 12.9. The van der Waals surface area contributed by atoms with E-state index in [2.05, 4.69) is 29.2 Å². The van der Waals surface area contributed by atoms with Crippen LogP contribution >= 0.6 is 11.3 Å². The van der Waals surface area contributed by atoms with Crippen molar-refractivity contribution in [1.82, 2.24) is 19.8 Å². The number of carbonyl (C=O) groups excluding carboxylic acids is 2. The molecule has 254 valence electrons. The molecular weight excluding hydrogens is 623 g/mol. The molecule has 1 aliphatic carbocycles. The number of nitrogens with one attached hydrogen (secondary N) is 1. The number of likely N-dealkylation sites (tertiary alicyclic amines) is 2. The number of amides is 2. The van der Waals surface area contributed by atoms with Crippen molar-refractivity contribution in [3.05, 3.63) is 58.5 Å². The van der Waals surface area contributed by atoms with Gasteiger partial charge in [0, 0.05) is 41.2 Å². The third-order valence-electron chi connectivity index (χ3n) is 9.49. The third kappa shape index (κ3) is 6.68. The van der Waals surface area contributed by atoms with Gasteiger partial charge >= 0.3 is 12.2 Å². The molecule has 2 fully saturated rings. The molecule has 0 saturated carbocycles. The van der Waals surface area contributed by atoms with E-state index in [-0.39, 0.29) is 24.3 Å². The van der Waals surface area contributed by atoms with Gasteiger partial charge < -0.3 is 14.5 Å². The summed E-state index contributed by atoms with van der Waals surface area (Å²) in [6, 6.07) is 9.02. The van der Waals surface area contributed by atoms with Gasteiger partial charge in [-0.1, -0.05) is 12.1 Å². The first-order valence-corrected chi connectivity index (χ1v) is 18.2. The molecule has 9 nitrogen and oxygen atoms in total. The monoisotopic (exact) mass is 669 g/mol. The predicted molar refractivity (Wildman–Crippen MR) is 190 cm³/mol. The highest BCUT2D eigenvalue weighted by molar-refractivity contribution is 7.16. The van der Waals surface area contributed by atoms with Gasteiger partial charge in [0.2, 0.25) is 0 Å². The average Bonchev–Trinajstić information content (AvgIpc) is 3.84. The van der Waals surface area contributed by atoms with Crippen molar-refractivity contribution < 1.29 is 19.1 Å². The van der Waals surface area contributed by atoms with Crippen LogP contribution in [0.4, 0.5) is 9.59 Å². The van der Waals surface area contributed by atoms with Gasteiger partial charge in [0.1, 0.15) is 17.0 Å². The molecule has 2 saturated heterocycles. The number of aromatic nitrogens is 2. The van der Waals surface area contributed by atoms with Gasteiger partial charge in [-0.2, -0.15) is 0 Å². The van der Waals surface area contributed by atoms with Gasteiger partial charge in [0.05, 0.1) is 24.0 Å². The Morgan fingerprint density at radius 2 is 1.54 bits per heavy atom. The van der Waals surface area contributed by atoms with Gasteiger partial charge in [-0.25, -0.2) is 14.6 Å². The number of hydrogen-bond acceptors (Lipinski definition) is 7. The number of rotatable bonds is 4. The second-order valence-electron chi connectivity index (χ2n) is 15.5. The first-order chi connectivity index (χ1) is 22.8. The van der Waals surface area contributed by atoms with Crippen LogP contribution in [-0.2, 0) is 22.3 Å². The summed E-state index contributed by atoms with van der Waals surface area (Å²) >= 11 is 1.86. The van der Waals surface area contributed by atoms with Crippen LogP contribution in [0.2, 0.25) is 0 Å². The van der Waals surface area contributed by atoms with E-state index in [1.807, 2.05) is 70.2 Å². The average molecular weight is 670 g/mol. The lowest BCUT2D eigenvalue weighted by Crippen LogP contribution is -2.43. The molecule has 3 aliphatic heterocycles. The van der Waals surface area contributed by atoms with E-state index in [0.29, 0.717) is 13.1 Å². The van der Waals surface area contributed by atoms with Gasteiger partial charge in [0.25, 0.3) is 0 Å². The number of allylic oxidation sites excluding steroid dienone is 1. The van der Waals surface area contributed by atoms with E-state index in [0.717, 1.165) is 74.2 Å². The van der Waals surface area contributed by atoms with E-state index < -0.39 is 11.2 Å². The number of H-pyrrole nitrogens is 1. The Morgan fingerprint density at radius 1 is 0.875 bits per heavy atom. The summed E-state index contributed by atoms with van der Waals surface area (Å²) in [6.07, 6.45) is 11.0. The van der Waals surface area contributed by atoms with Crippen LogP contribution in [0.25, 0.3) is 27.3 Å². The zero-order valence-corrected chi connectivity index (χ0v) is 29.8. The molecular formula is C38H47N5O4S. The molecule has 1 aromatic carbocycles. The van der Waals surface area contributed by atoms with Crippen LogP contribution in [0.1, 0.15) is 108 Å². The summed E-state index contributed by atoms with van der Waals surface area (Å²) in [4.78, 5) is 45.2. The first kappa shape index (κ1) is 32.6. The molecule has 7 rings (SSSR count). The fraction of sp³-hybridized carbons (Fsp3) is 0.526. The highest BCUT2D eigenvalue weighted by Gasteiger charge is 2.37. The number of aryl methyl sites for hydroxylation is 2. The zero-order valence-electron chi connectivity index (χ0n) is 29.0. The second kappa shape index (κ2) is 12.5.